The number of aliphatic hydroxyl groups excluding tert-OH is 1. The Hall–Kier alpha value is -1.55. The van der Waals surface area contributed by atoms with E-state index in [2.05, 4.69) is 5.32 Å². The maximum Gasteiger partial charge on any atom is 0.258 e. The molecule has 0 spiro atoms. The summed E-state index contributed by atoms with van der Waals surface area (Å²) in [5.41, 5.74) is 0.414. The molecule has 1 atom stereocenters. The van der Waals surface area contributed by atoms with E-state index in [0.717, 1.165) is 5.56 Å². The molecule has 0 heterocycles. The Labute approximate surface area is 108 Å². The van der Waals surface area contributed by atoms with Gasteiger partial charge >= 0.3 is 0 Å². The lowest BCUT2D eigenvalue weighted by molar-refractivity contribution is -0.125. The summed E-state index contributed by atoms with van der Waals surface area (Å²) in [7, 11) is 0. The van der Waals surface area contributed by atoms with Crippen molar-refractivity contribution in [3.63, 3.8) is 0 Å². The van der Waals surface area contributed by atoms with Gasteiger partial charge < -0.3 is 15.2 Å². The van der Waals surface area contributed by atoms with Gasteiger partial charge in [-0.2, -0.15) is 0 Å². The van der Waals surface area contributed by atoms with E-state index < -0.39 is 5.54 Å². The third-order valence-corrected chi connectivity index (χ3v) is 3.02. The highest BCUT2D eigenvalue weighted by molar-refractivity contribution is 5.78. The van der Waals surface area contributed by atoms with E-state index in [1.54, 1.807) is 6.92 Å². The van der Waals surface area contributed by atoms with Gasteiger partial charge in [0.25, 0.3) is 5.91 Å². The molecule has 0 saturated carbocycles. The number of amides is 1. The number of hydrogen-bond acceptors (Lipinski definition) is 3. The Morgan fingerprint density at radius 2 is 2.11 bits per heavy atom. The molecule has 1 amide bonds. The Morgan fingerprint density at radius 1 is 1.44 bits per heavy atom. The lowest BCUT2D eigenvalue weighted by Crippen LogP contribution is -2.49. The molecule has 0 radical (unpaired) electrons. The summed E-state index contributed by atoms with van der Waals surface area (Å²) >= 11 is 0. The second-order valence-corrected chi connectivity index (χ2v) is 4.67. The van der Waals surface area contributed by atoms with E-state index in [-0.39, 0.29) is 19.1 Å². The molecule has 4 heteroatoms. The van der Waals surface area contributed by atoms with Crippen molar-refractivity contribution in [2.45, 2.75) is 32.7 Å². The molecule has 2 N–H and O–H groups in total. The monoisotopic (exact) mass is 251 g/mol. The number of rotatable bonds is 6. The molecule has 18 heavy (non-hydrogen) atoms. The predicted molar refractivity (Wildman–Crippen MR) is 70.6 cm³/mol. The number of carbonyl (C=O) groups is 1. The molecule has 0 aromatic heterocycles. The molecule has 0 aliphatic rings. The summed E-state index contributed by atoms with van der Waals surface area (Å²) < 4.78 is 5.44. The van der Waals surface area contributed by atoms with Crippen LogP contribution in [0.3, 0.4) is 0 Å². The average molecular weight is 251 g/mol. The molecule has 1 unspecified atom stereocenters. The van der Waals surface area contributed by atoms with Crippen LogP contribution in [0.4, 0.5) is 0 Å². The number of carbonyl (C=O) groups excluding carboxylic acids is 1. The van der Waals surface area contributed by atoms with Crippen molar-refractivity contribution < 1.29 is 14.6 Å². The van der Waals surface area contributed by atoms with Crippen LogP contribution in [-0.2, 0) is 4.79 Å². The van der Waals surface area contributed by atoms with E-state index in [4.69, 9.17) is 4.74 Å². The molecule has 0 saturated heterocycles. The highest BCUT2D eigenvalue weighted by Gasteiger charge is 2.23. The third kappa shape index (κ3) is 4.04. The van der Waals surface area contributed by atoms with Crippen LogP contribution in [-0.4, -0.2) is 29.8 Å². The van der Waals surface area contributed by atoms with Gasteiger partial charge in [0, 0.05) is 0 Å². The lowest BCUT2D eigenvalue weighted by Gasteiger charge is -2.27. The molecule has 0 aliphatic carbocycles. The van der Waals surface area contributed by atoms with Crippen LogP contribution >= 0.6 is 0 Å². The van der Waals surface area contributed by atoms with Gasteiger partial charge in [0.15, 0.2) is 6.61 Å². The van der Waals surface area contributed by atoms with Crippen LogP contribution < -0.4 is 10.1 Å². The highest BCUT2D eigenvalue weighted by atomic mass is 16.5. The molecule has 0 aliphatic heterocycles. The maximum absolute atomic E-state index is 11.7. The maximum atomic E-state index is 11.7. The van der Waals surface area contributed by atoms with Crippen molar-refractivity contribution in [1.82, 2.24) is 5.32 Å². The first-order valence-electron chi connectivity index (χ1n) is 6.11. The largest absolute Gasteiger partial charge is 0.484 e. The van der Waals surface area contributed by atoms with Gasteiger partial charge in [-0.25, -0.2) is 0 Å². The molecule has 0 bridgehead atoms. The fourth-order valence-corrected chi connectivity index (χ4v) is 1.47. The van der Waals surface area contributed by atoms with Crippen molar-refractivity contribution in [1.29, 1.82) is 0 Å². The molecule has 4 nitrogen and oxygen atoms in total. The van der Waals surface area contributed by atoms with E-state index in [0.29, 0.717) is 12.2 Å². The Kier molecular flexibility index (Phi) is 5.16. The number of nitrogens with one attached hydrogen (secondary N) is 1. The van der Waals surface area contributed by atoms with Crippen LogP contribution in [0.2, 0.25) is 0 Å². The smallest absolute Gasteiger partial charge is 0.258 e. The lowest BCUT2D eigenvalue weighted by atomic mass is 10.0. The van der Waals surface area contributed by atoms with E-state index in [9.17, 15) is 9.90 Å². The summed E-state index contributed by atoms with van der Waals surface area (Å²) in [4.78, 5) is 11.7. The zero-order valence-corrected chi connectivity index (χ0v) is 11.2. The first-order valence-corrected chi connectivity index (χ1v) is 6.11. The minimum atomic E-state index is -0.577. The second kappa shape index (κ2) is 6.40. The van der Waals surface area contributed by atoms with Crippen molar-refractivity contribution in [2.75, 3.05) is 13.2 Å². The number of ether oxygens (including phenoxy) is 1. The molecule has 0 fully saturated rings. The van der Waals surface area contributed by atoms with Gasteiger partial charge in [0.1, 0.15) is 5.75 Å². The van der Waals surface area contributed by atoms with E-state index in [1.807, 2.05) is 38.1 Å². The van der Waals surface area contributed by atoms with Gasteiger partial charge in [-0.15, -0.1) is 0 Å². The van der Waals surface area contributed by atoms with E-state index >= 15 is 0 Å². The highest BCUT2D eigenvalue weighted by Crippen LogP contribution is 2.16. The molecule has 1 aromatic carbocycles. The van der Waals surface area contributed by atoms with Gasteiger partial charge in [-0.3, -0.25) is 4.79 Å². The van der Waals surface area contributed by atoms with Crippen molar-refractivity contribution in [3.8, 4) is 5.75 Å². The first-order chi connectivity index (χ1) is 8.50. The van der Waals surface area contributed by atoms with Gasteiger partial charge in [0.2, 0.25) is 0 Å². The Bertz CT molecular complexity index is 400. The van der Waals surface area contributed by atoms with Gasteiger partial charge in [0.05, 0.1) is 12.1 Å². The number of para-hydroxylation sites is 1. The standard InChI is InChI=1S/C14H21NO3/c1-4-14(3,10-16)15-13(17)9-18-12-8-6-5-7-11(12)2/h5-8,16H,4,9-10H2,1-3H3,(H,15,17). The third-order valence-electron chi connectivity index (χ3n) is 3.02. The fourth-order valence-electron chi connectivity index (χ4n) is 1.47. The number of benzene rings is 1. The molecule has 1 rings (SSSR count). The van der Waals surface area contributed by atoms with Crippen LogP contribution in [0, 0.1) is 6.92 Å². The van der Waals surface area contributed by atoms with Crippen LogP contribution in [0.15, 0.2) is 24.3 Å². The van der Waals surface area contributed by atoms with Crippen LogP contribution in [0.25, 0.3) is 0 Å². The summed E-state index contributed by atoms with van der Waals surface area (Å²) in [5.74, 6) is 0.478. The number of hydrogen-bond donors (Lipinski definition) is 2. The summed E-state index contributed by atoms with van der Waals surface area (Å²) in [6, 6.07) is 7.54. The first kappa shape index (κ1) is 14.5. The van der Waals surface area contributed by atoms with Crippen molar-refractivity contribution in [2.24, 2.45) is 0 Å². The van der Waals surface area contributed by atoms with Gasteiger partial charge in [-0.05, 0) is 31.9 Å². The SMILES string of the molecule is CCC(C)(CO)NC(=O)COc1ccccc1C. The number of aryl methyl sites for hydroxylation is 1. The van der Waals surface area contributed by atoms with Crippen LogP contribution in [0.1, 0.15) is 25.8 Å². The van der Waals surface area contributed by atoms with E-state index in [1.165, 1.54) is 0 Å². The summed E-state index contributed by atoms with van der Waals surface area (Å²) in [6.45, 7) is 5.52. The minimum absolute atomic E-state index is 0.0412. The predicted octanol–water partition coefficient (Wildman–Crippen LogP) is 1.65. The zero-order chi connectivity index (χ0) is 13.6. The second-order valence-electron chi connectivity index (χ2n) is 4.67. The summed E-state index contributed by atoms with van der Waals surface area (Å²) in [6.07, 6.45) is 0.666. The number of aliphatic hydroxyl groups is 1. The molecular weight excluding hydrogens is 230 g/mol. The Balaban J connectivity index is 2.50. The van der Waals surface area contributed by atoms with Crippen molar-refractivity contribution in [3.05, 3.63) is 29.8 Å². The Morgan fingerprint density at radius 3 is 2.67 bits per heavy atom. The summed E-state index contributed by atoms with van der Waals surface area (Å²) in [5, 5.41) is 12.0. The average Bonchev–Trinajstić information content (AvgIpc) is 2.37. The zero-order valence-electron chi connectivity index (χ0n) is 11.2. The quantitative estimate of drug-likeness (QED) is 0.808. The van der Waals surface area contributed by atoms with Crippen molar-refractivity contribution >= 4 is 5.91 Å². The van der Waals surface area contributed by atoms with Gasteiger partial charge in [-0.1, -0.05) is 25.1 Å². The van der Waals surface area contributed by atoms with Crippen LogP contribution in [0.5, 0.6) is 5.75 Å². The molecule has 1 aromatic rings. The normalized spacial score (nSPS) is 13.8. The topological polar surface area (TPSA) is 58.6 Å². The molecule has 100 valence electrons. The molecular formula is C14H21NO3. The minimum Gasteiger partial charge on any atom is -0.484 e. The fraction of sp³-hybridized carbons (Fsp3) is 0.500.